The van der Waals surface area contributed by atoms with Gasteiger partial charge >= 0.3 is 0 Å². The van der Waals surface area contributed by atoms with Crippen LogP contribution in [0.5, 0.6) is 17.4 Å². The number of ether oxygens (including phenoxy) is 4. The van der Waals surface area contributed by atoms with Crippen molar-refractivity contribution in [3.05, 3.63) is 42.2 Å². The van der Waals surface area contributed by atoms with E-state index in [-0.39, 0.29) is 16.9 Å². The van der Waals surface area contributed by atoms with Crippen LogP contribution >= 0.6 is 11.9 Å². The van der Waals surface area contributed by atoms with Crippen molar-refractivity contribution in [1.82, 2.24) is 9.97 Å². The van der Waals surface area contributed by atoms with Gasteiger partial charge in [-0.05, 0) is 18.2 Å². The number of nitrogens with one attached hydrogen (secondary N) is 1. The molecule has 0 bridgehead atoms. The first-order chi connectivity index (χ1) is 14.8. The smallest absolute Gasteiger partial charge is 0.219 e. The lowest BCUT2D eigenvalue weighted by atomic mass is 10.2. The fourth-order valence-electron chi connectivity index (χ4n) is 3.00. The van der Waals surface area contributed by atoms with Gasteiger partial charge in [-0.15, -0.1) is 0 Å². The third kappa shape index (κ3) is 6.11. The lowest BCUT2D eigenvalue weighted by Gasteiger charge is -2.19. The van der Waals surface area contributed by atoms with E-state index in [2.05, 4.69) is 9.97 Å². The summed E-state index contributed by atoms with van der Waals surface area (Å²) in [6.07, 6.45) is 2.07. The average molecular weight is 468 g/mol. The quantitative estimate of drug-likeness (QED) is 0.409. The molecule has 0 spiro atoms. The lowest BCUT2D eigenvalue weighted by molar-refractivity contribution is 0.0251. The molecule has 3 aromatic rings. The van der Waals surface area contributed by atoms with Crippen LogP contribution in [-0.4, -0.2) is 58.2 Å². The Morgan fingerprint density at radius 1 is 1.16 bits per heavy atom. The van der Waals surface area contributed by atoms with Gasteiger partial charge in [0.25, 0.3) is 0 Å². The third-order valence-electron chi connectivity index (χ3n) is 4.32. The molecular formula is C20H25N3O6S2. The minimum absolute atomic E-state index is 0.121. The van der Waals surface area contributed by atoms with E-state index < -0.39 is 9.84 Å². The van der Waals surface area contributed by atoms with Gasteiger partial charge < -0.3 is 23.9 Å². The normalized spacial score (nSPS) is 11.9. The fraction of sp³-hybridized carbons (Fsp3) is 0.350. The average Bonchev–Trinajstić information content (AvgIpc) is 3.11. The number of sulfone groups is 1. The van der Waals surface area contributed by atoms with Crippen LogP contribution < -0.4 is 14.6 Å². The van der Waals surface area contributed by atoms with E-state index in [1.54, 1.807) is 20.3 Å². The Labute approximate surface area is 185 Å². The predicted molar refractivity (Wildman–Crippen MR) is 119 cm³/mol. The minimum Gasteiger partial charge on any atom is -0.483 e. The number of pyridine rings is 1. The van der Waals surface area contributed by atoms with Gasteiger partial charge in [-0.3, -0.25) is 5.14 Å². The number of fused-ring (bicyclic) bond motifs is 1. The zero-order chi connectivity index (χ0) is 22.4. The molecule has 9 nitrogen and oxygen atoms in total. The van der Waals surface area contributed by atoms with E-state index in [0.717, 1.165) is 22.9 Å². The summed E-state index contributed by atoms with van der Waals surface area (Å²) in [5, 5.41) is 6.48. The summed E-state index contributed by atoms with van der Waals surface area (Å²) >= 11 is 1.21. The summed E-state index contributed by atoms with van der Waals surface area (Å²) in [6.45, 7) is 0.697. The highest BCUT2D eigenvalue weighted by atomic mass is 32.2. The minimum atomic E-state index is -3.33. The maximum atomic E-state index is 11.6. The van der Waals surface area contributed by atoms with Crippen molar-refractivity contribution in [3.63, 3.8) is 0 Å². The summed E-state index contributed by atoms with van der Waals surface area (Å²) in [7, 11) is -0.142. The molecular weight excluding hydrogens is 442 g/mol. The van der Waals surface area contributed by atoms with Crippen LogP contribution in [-0.2, 0) is 25.1 Å². The highest BCUT2D eigenvalue weighted by Crippen LogP contribution is 2.34. The molecule has 0 saturated carbocycles. The van der Waals surface area contributed by atoms with Crippen molar-refractivity contribution in [3.8, 4) is 17.4 Å². The number of hydrogen-bond donors (Lipinski definition) is 2. The second kappa shape index (κ2) is 10.3. The van der Waals surface area contributed by atoms with Gasteiger partial charge in [-0.1, -0.05) is 11.9 Å². The summed E-state index contributed by atoms with van der Waals surface area (Å²) in [5.74, 6) is 1.92. The Hall–Kier alpha value is -2.31. The number of aromatic nitrogens is 2. The number of rotatable bonds is 11. The SMILES string of the molecule is COCC(COC)Oc1cc(Oc2ccc(S(C)(=O)=O)cn2)cc2cc(CSN)[nH]c12. The summed E-state index contributed by atoms with van der Waals surface area (Å²) in [5.41, 5.74) is 1.74. The number of H-pyrrole nitrogens is 1. The van der Waals surface area contributed by atoms with E-state index in [9.17, 15) is 8.42 Å². The highest BCUT2D eigenvalue weighted by Gasteiger charge is 2.17. The van der Waals surface area contributed by atoms with Gasteiger partial charge in [-0.2, -0.15) is 0 Å². The van der Waals surface area contributed by atoms with Gasteiger partial charge in [0.15, 0.2) is 9.84 Å². The molecule has 11 heteroatoms. The topological polar surface area (TPSA) is 126 Å². The Morgan fingerprint density at radius 2 is 1.90 bits per heavy atom. The Morgan fingerprint density at radius 3 is 2.48 bits per heavy atom. The van der Waals surface area contributed by atoms with E-state index in [4.69, 9.17) is 24.1 Å². The van der Waals surface area contributed by atoms with Crippen LogP contribution in [0.1, 0.15) is 5.69 Å². The molecule has 0 radical (unpaired) electrons. The molecule has 0 amide bonds. The standard InChI is InChI=1S/C20H25N3O6S2/c1-26-10-16(11-27-2)28-18-8-15(7-13-6-14(12-30-21)23-20(13)18)29-19-5-4-17(9-22-19)31(3,24)25/h4-9,16,23H,10-12,21H2,1-3H3. The molecule has 3 N–H and O–H groups in total. The molecule has 1 aromatic carbocycles. The van der Waals surface area contributed by atoms with E-state index >= 15 is 0 Å². The van der Waals surface area contributed by atoms with Crippen LogP contribution in [0.2, 0.25) is 0 Å². The van der Waals surface area contributed by atoms with Crippen molar-refractivity contribution >= 4 is 32.7 Å². The van der Waals surface area contributed by atoms with Crippen LogP contribution in [0.4, 0.5) is 0 Å². The molecule has 2 heterocycles. The molecule has 2 aromatic heterocycles. The first kappa shape index (κ1) is 23.4. The molecule has 0 aliphatic heterocycles. The zero-order valence-corrected chi connectivity index (χ0v) is 19.1. The largest absolute Gasteiger partial charge is 0.483 e. The molecule has 168 valence electrons. The molecule has 0 saturated heterocycles. The number of aromatic amines is 1. The predicted octanol–water partition coefficient (Wildman–Crippen LogP) is 2.91. The number of benzene rings is 1. The van der Waals surface area contributed by atoms with Gasteiger partial charge in [0.1, 0.15) is 17.6 Å². The fourth-order valence-corrected chi connectivity index (χ4v) is 3.89. The molecule has 0 aliphatic carbocycles. The Balaban J connectivity index is 1.95. The summed E-state index contributed by atoms with van der Waals surface area (Å²) in [4.78, 5) is 7.54. The maximum Gasteiger partial charge on any atom is 0.219 e. The van der Waals surface area contributed by atoms with Crippen molar-refractivity contribution in [2.45, 2.75) is 16.8 Å². The number of nitrogens with zero attached hydrogens (tertiary/aromatic N) is 1. The molecule has 0 aliphatic rings. The number of hydrogen-bond acceptors (Lipinski definition) is 9. The number of nitrogens with two attached hydrogens (primary N) is 1. The highest BCUT2D eigenvalue weighted by molar-refractivity contribution is 7.96. The van der Waals surface area contributed by atoms with Gasteiger partial charge in [0.2, 0.25) is 5.88 Å². The van der Waals surface area contributed by atoms with Crippen molar-refractivity contribution < 1.29 is 27.4 Å². The van der Waals surface area contributed by atoms with E-state index in [1.807, 2.05) is 12.1 Å². The van der Waals surface area contributed by atoms with Crippen molar-refractivity contribution in [2.24, 2.45) is 5.14 Å². The van der Waals surface area contributed by atoms with E-state index in [1.165, 1.54) is 30.3 Å². The molecule has 0 atom stereocenters. The second-order valence-electron chi connectivity index (χ2n) is 6.85. The summed E-state index contributed by atoms with van der Waals surface area (Å²) in [6, 6.07) is 8.51. The third-order valence-corrected chi connectivity index (χ3v) is 5.89. The summed E-state index contributed by atoms with van der Waals surface area (Å²) < 4.78 is 45.7. The van der Waals surface area contributed by atoms with Gasteiger partial charge in [0.05, 0.1) is 23.6 Å². The van der Waals surface area contributed by atoms with E-state index in [0.29, 0.717) is 30.5 Å². The van der Waals surface area contributed by atoms with Crippen molar-refractivity contribution in [2.75, 3.05) is 33.7 Å². The molecule has 31 heavy (non-hydrogen) atoms. The van der Waals surface area contributed by atoms with Crippen LogP contribution in [0.15, 0.2) is 41.4 Å². The maximum absolute atomic E-state index is 11.6. The first-order valence-corrected chi connectivity index (χ1v) is 12.2. The Kier molecular flexibility index (Phi) is 7.79. The molecule has 0 fully saturated rings. The molecule has 3 rings (SSSR count). The lowest BCUT2D eigenvalue weighted by Crippen LogP contribution is -2.27. The Bertz CT molecular complexity index is 1110. The van der Waals surface area contributed by atoms with Crippen molar-refractivity contribution in [1.29, 1.82) is 0 Å². The number of methoxy groups -OCH3 is 2. The van der Waals surface area contributed by atoms with Gasteiger partial charge in [-0.25, -0.2) is 13.4 Å². The van der Waals surface area contributed by atoms with Crippen LogP contribution in [0, 0.1) is 0 Å². The monoisotopic (exact) mass is 467 g/mol. The van der Waals surface area contributed by atoms with Gasteiger partial charge in [0, 0.05) is 55.6 Å². The van der Waals surface area contributed by atoms with Crippen LogP contribution in [0.25, 0.3) is 10.9 Å². The molecule has 0 unspecified atom stereocenters. The second-order valence-corrected chi connectivity index (χ2v) is 9.49. The first-order valence-electron chi connectivity index (χ1n) is 9.30. The van der Waals surface area contributed by atoms with Crippen LogP contribution in [0.3, 0.4) is 0 Å². The zero-order valence-electron chi connectivity index (χ0n) is 17.5.